The number of hydrogen-bond donors (Lipinski definition) is 2. The molecule has 0 aromatic heterocycles. The van der Waals surface area contributed by atoms with Crippen molar-refractivity contribution in [1.29, 1.82) is 0 Å². The summed E-state index contributed by atoms with van der Waals surface area (Å²) in [6.45, 7) is 7.01. The molecule has 2 aromatic carbocycles. The topological polar surface area (TPSA) is 88.8 Å². The van der Waals surface area contributed by atoms with Crippen LogP contribution in [-0.4, -0.2) is 23.5 Å². The van der Waals surface area contributed by atoms with E-state index in [0.717, 1.165) is 16.9 Å². The molecule has 0 aliphatic carbocycles. The monoisotopic (exact) mass is 370 g/mol. The highest BCUT2D eigenvalue weighted by atomic mass is 16.6. The third-order valence-corrected chi connectivity index (χ3v) is 3.64. The molecule has 7 heteroatoms. The minimum atomic E-state index is -0.400. The van der Waals surface area contributed by atoms with Gasteiger partial charge in [0.15, 0.2) is 5.96 Å². The van der Waals surface area contributed by atoms with E-state index in [2.05, 4.69) is 15.6 Å². The molecule has 0 radical (unpaired) electrons. The van der Waals surface area contributed by atoms with Crippen molar-refractivity contribution in [3.8, 4) is 5.75 Å². The lowest BCUT2D eigenvalue weighted by Gasteiger charge is -2.23. The van der Waals surface area contributed by atoms with Crippen molar-refractivity contribution < 1.29 is 9.66 Å². The lowest BCUT2D eigenvalue weighted by Crippen LogP contribution is -2.36. The maximum Gasteiger partial charge on any atom is 0.269 e. The Kier molecular flexibility index (Phi) is 6.76. The first-order chi connectivity index (χ1) is 12.8. The molecule has 2 rings (SSSR count). The highest BCUT2D eigenvalue weighted by Crippen LogP contribution is 2.22. The van der Waals surface area contributed by atoms with Gasteiger partial charge in [-0.15, -0.1) is 0 Å². The van der Waals surface area contributed by atoms with E-state index in [0.29, 0.717) is 19.0 Å². The van der Waals surface area contributed by atoms with E-state index in [4.69, 9.17) is 4.74 Å². The highest BCUT2D eigenvalue weighted by molar-refractivity contribution is 5.79. The molecule has 0 atom stereocenters. The Morgan fingerprint density at radius 3 is 2.48 bits per heavy atom. The predicted octanol–water partition coefficient (Wildman–Crippen LogP) is 3.64. The van der Waals surface area contributed by atoms with Crippen molar-refractivity contribution >= 4 is 11.6 Å². The maximum absolute atomic E-state index is 10.9. The van der Waals surface area contributed by atoms with Crippen LogP contribution in [0, 0.1) is 10.1 Å². The third-order valence-electron chi connectivity index (χ3n) is 3.64. The fourth-order valence-corrected chi connectivity index (χ4v) is 2.44. The van der Waals surface area contributed by atoms with Crippen LogP contribution in [0.3, 0.4) is 0 Å². The SMILES string of the molecule is CN=C(NCc1cccc([N+](=O)[O-])c1)NCc1ccccc1OC(C)(C)C. The number of aliphatic imine (C=N–C) groups is 1. The zero-order valence-corrected chi connectivity index (χ0v) is 16.2. The Balaban J connectivity index is 1.97. The number of benzene rings is 2. The van der Waals surface area contributed by atoms with E-state index in [1.165, 1.54) is 6.07 Å². The Bertz CT molecular complexity index is 813. The molecule has 0 unspecified atom stereocenters. The highest BCUT2D eigenvalue weighted by Gasteiger charge is 2.14. The lowest BCUT2D eigenvalue weighted by atomic mass is 10.1. The maximum atomic E-state index is 10.9. The molecule has 0 spiro atoms. The molecule has 0 aliphatic rings. The summed E-state index contributed by atoms with van der Waals surface area (Å²) in [5.74, 6) is 1.43. The van der Waals surface area contributed by atoms with Gasteiger partial charge in [-0.25, -0.2) is 0 Å². The van der Waals surface area contributed by atoms with Gasteiger partial charge in [0.1, 0.15) is 11.4 Å². The van der Waals surface area contributed by atoms with Crippen molar-refractivity contribution in [2.45, 2.75) is 39.5 Å². The standard InChI is InChI=1S/C20H26N4O3/c1-20(2,3)27-18-11-6-5-9-16(18)14-23-19(21-4)22-13-15-8-7-10-17(12-15)24(25)26/h5-12H,13-14H2,1-4H3,(H2,21,22,23). The molecule has 0 amide bonds. The number of nitro groups is 1. The second-order valence-electron chi connectivity index (χ2n) is 7.03. The number of hydrogen-bond acceptors (Lipinski definition) is 4. The van der Waals surface area contributed by atoms with Crippen LogP contribution in [0.15, 0.2) is 53.5 Å². The summed E-state index contributed by atoms with van der Waals surface area (Å²) in [7, 11) is 1.68. The summed E-state index contributed by atoms with van der Waals surface area (Å²) in [6, 6.07) is 14.4. The molecule has 0 fully saturated rings. The van der Waals surface area contributed by atoms with Gasteiger partial charge in [0.25, 0.3) is 5.69 Å². The number of non-ortho nitro benzene ring substituents is 1. The van der Waals surface area contributed by atoms with E-state index in [1.54, 1.807) is 19.2 Å². The molecule has 2 N–H and O–H groups in total. The van der Waals surface area contributed by atoms with Crippen LogP contribution >= 0.6 is 0 Å². The molecule has 0 saturated heterocycles. The normalized spacial score (nSPS) is 11.8. The van der Waals surface area contributed by atoms with E-state index in [-0.39, 0.29) is 11.3 Å². The molecule has 27 heavy (non-hydrogen) atoms. The van der Waals surface area contributed by atoms with Crippen LogP contribution in [0.4, 0.5) is 5.69 Å². The summed E-state index contributed by atoms with van der Waals surface area (Å²) in [4.78, 5) is 14.7. The van der Waals surface area contributed by atoms with Gasteiger partial charge in [-0.2, -0.15) is 0 Å². The smallest absolute Gasteiger partial charge is 0.269 e. The number of guanidine groups is 1. The second kappa shape index (κ2) is 9.02. The zero-order valence-electron chi connectivity index (χ0n) is 16.2. The van der Waals surface area contributed by atoms with Crippen molar-refractivity contribution in [3.05, 3.63) is 69.8 Å². The number of nitrogens with zero attached hydrogens (tertiary/aromatic N) is 2. The summed E-state index contributed by atoms with van der Waals surface area (Å²) >= 11 is 0. The first kappa shape index (κ1) is 20.2. The number of nitro benzene ring substituents is 1. The molecule has 7 nitrogen and oxygen atoms in total. The Hall–Kier alpha value is -3.09. The lowest BCUT2D eigenvalue weighted by molar-refractivity contribution is -0.384. The average molecular weight is 370 g/mol. The van der Waals surface area contributed by atoms with Crippen LogP contribution in [0.5, 0.6) is 5.75 Å². The fraction of sp³-hybridized carbons (Fsp3) is 0.350. The Labute approximate surface area is 159 Å². The Morgan fingerprint density at radius 1 is 1.11 bits per heavy atom. The Morgan fingerprint density at radius 2 is 1.81 bits per heavy atom. The molecule has 2 aromatic rings. The quantitative estimate of drug-likeness (QED) is 0.351. The van der Waals surface area contributed by atoms with Crippen molar-refractivity contribution in [3.63, 3.8) is 0 Å². The first-order valence-corrected chi connectivity index (χ1v) is 8.73. The van der Waals surface area contributed by atoms with Gasteiger partial charge in [0.05, 0.1) is 4.92 Å². The molecule has 0 heterocycles. The van der Waals surface area contributed by atoms with Crippen molar-refractivity contribution in [2.24, 2.45) is 4.99 Å². The van der Waals surface area contributed by atoms with Gasteiger partial charge in [0.2, 0.25) is 0 Å². The van der Waals surface area contributed by atoms with Crippen molar-refractivity contribution in [2.75, 3.05) is 7.05 Å². The van der Waals surface area contributed by atoms with Crippen molar-refractivity contribution in [1.82, 2.24) is 10.6 Å². The summed E-state index contributed by atoms with van der Waals surface area (Å²) in [5.41, 5.74) is 1.62. The van der Waals surface area contributed by atoms with Gasteiger partial charge in [-0.05, 0) is 32.4 Å². The van der Waals surface area contributed by atoms with E-state index in [1.807, 2.05) is 51.1 Å². The first-order valence-electron chi connectivity index (χ1n) is 8.73. The van der Waals surface area contributed by atoms with E-state index < -0.39 is 4.92 Å². The van der Waals surface area contributed by atoms with Crippen LogP contribution in [-0.2, 0) is 13.1 Å². The van der Waals surface area contributed by atoms with Gasteiger partial charge in [-0.3, -0.25) is 15.1 Å². The van der Waals surface area contributed by atoms with Gasteiger partial charge in [0, 0.05) is 37.8 Å². The molecule has 0 aliphatic heterocycles. The molecular formula is C20H26N4O3. The summed E-state index contributed by atoms with van der Waals surface area (Å²) < 4.78 is 6.00. The molecular weight excluding hydrogens is 344 g/mol. The average Bonchev–Trinajstić information content (AvgIpc) is 2.62. The zero-order chi connectivity index (χ0) is 19.9. The van der Waals surface area contributed by atoms with Crippen LogP contribution in [0.2, 0.25) is 0 Å². The largest absolute Gasteiger partial charge is 0.488 e. The summed E-state index contributed by atoms with van der Waals surface area (Å²) in [6.07, 6.45) is 0. The predicted molar refractivity (Wildman–Crippen MR) is 107 cm³/mol. The van der Waals surface area contributed by atoms with E-state index >= 15 is 0 Å². The summed E-state index contributed by atoms with van der Waals surface area (Å²) in [5, 5.41) is 17.3. The minimum Gasteiger partial charge on any atom is -0.488 e. The van der Waals surface area contributed by atoms with E-state index in [9.17, 15) is 10.1 Å². The van der Waals surface area contributed by atoms with Crippen LogP contribution < -0.4 is 15.4 Å². The minimum absolute atomic E-state index is 0.0745. The second-order valence-corrected chi connectivity index (χ2v) is 7.03. The third kappa shape index (κ3) is 6.62. The van der Waals surface area contributed by atoms with Gasteiger partial charge < -0.3 is 15.4 Å². The molecule has 0 bridgehead atoms. The number of ether oxygens (including phenoxy) is 1. The molecule has 144 valence electrons. The van der Waals surface area contributed by atoms with Crippen LogP contribution in [0.25, 0.3) is 0 Å². The van der Waals surface area contributed by atoms with Gasteiger partial charge >= 0.3 is 0 Å². The van der Waals surface area contributed by atoms with Crippen LogP contribution in [0.1, 0.15) is 31.9 Å². The van der Waals surface area contributed by atoms with Gasteiger partial charge in [-0.1, -0.05) is 30.3 Å². The molecule has 0 saturated carbocycles. The fourth-order valence-electron chi connectivity index (χ4n) is 2.44. The number of nitrogens with one attached hydrogen (secondary N) is 2. The number of rotatable bonds is 6. The number of para-hydroxylation sites is 1.